The molecule has 2 aliphatic rings. The maximum atomic E-state index is 13.7. The average molecular weight is 388 g/mol. The van der Waals surface area contributed by atoms with Crippen molar-refractivity contribution in [2.24, 2.45) is 0 Å². The van der Waals surface area contributed by atoms with Crippen LogP contribution in [0.3, 0.4) is 0 Å². The summed E-state index contributed by atoms with van der Waals surface area (Å²) in [7, 11) is 0. The molecule has 2 saturated heterocycles. The van der Waals surface area contributed by atoms with E-state index in [4.69, 9.17) is 0 Å². The number of carbonyl (C=O) groups is 1. The van der Waals surface area contributed by atoms with E-state index in [0.717, 1.165) is 17.0 Å². The predicted octanol–water partition coefficient (Wildman–Crippen LogP) is 2.55. The lowest BCUT2D eigenvalue weighted by Crippen LogP contribution is -2.45. The van der Waals surface area contributed by atoms with Crippen LogP contribution in [-0.2, 0) is 11.3 Å². The molecule has 1 amide bonds. The molecule has 0 bridgehead atoms. The first-order valence-corrected chi connectivity index (χ1v) is 8.68. The minimum atomic E-state index is -4.49. The quantitative estimate of drug-likeness (QED) is 0.823. The Hall–Kier alpha value is -2.23. The van der Waals surface area contributed by atoms with Gasteiger partial charge in [0, 0.05) is 37.0 Å². The van der Waals surface area contributed by atoms with E-state index in [1.54, 1.807) is 0 Å². The molecule has 0 aliphatic carbocycles. The number of aromatic nitrogens is 2. The predicted molar refractivity (Wildman–Crippen MR) is 86.0 cm³/mol. The van der Waals surface area contributed by atoms with Crippen LogP contribution < -0.4 is 5.32 Å². The van der Waals surface area contributed by atoms with Crippen molar-refractivity contribution in [3.05, 3.63) is 29.5 Å². The number of fused-ring (bicyclic) bond motifs is 1. The summed E-state index contributed by atoms with van der Waals surface area (Å²) < 4.78 is 67.9. The number of nitrogens with zero attached hydrogens (tertiary/aromatic N) is 3. The van der Waals surface area contributed by atoms with Gasteiger partial charge in [-0.05, 0) is 18.9 Å². The van der Waals surface area contributed by atoms with E-state index < -0.39 is 36.3 Å². The molecule has 0 radical (unpaired) electrons. The number of rotatable bonds is 3. The third-order valence-corrected chi connectivity index (χ3v) is 5.23. The maximum Gasteiger partial charge on any atom is 0.408 e. The Morgan fingerprint density at radius 3 is 2.56 bits per heavy atom. The van der Waals surface area contributed by atoms with Crippen LogP contribution in [0.5, 0.6) is 0 Å². The summed E-state index contributed by atoms with van der Waals surface area (Å²) in [6.07, 6.45) is -4.35. The topological polar surface area (TPSA) is 50.2 Å². The number of hydrogen-bond donors (Lipinski definition) is 1. The first-order valence-electron chi connectivity index (χ1n) is 8.68. The zero-order valence-electron chi connectivity index (χ0n) is 14.2. The van der Waals surface area contributed by atoms with Crippen molar-refractivity contribution in [1.29, 1.82) is 0 Å². The molecule has 3 heterocycles. The Bertz CT molecular complexity index is 890. The van der Waals surface area contributed by atoms with Crippen molar-refractivity contribution in [2.45, 2.75) is 37.5 Å². The van der Waals surface area contributed by atoms with Crippen molar-refractivity contribution in [3.63, 3.8) is 0 Å². The molecular weight excluding hydrogens is 371 g/mol. The first kappa shape index (κ1) is 18.1. The number of amides is 1. The molecule has 1 aromatic carbocycles. The standard InChI is InChI=1S/C17H17F5N4O/c18-11-4-10-13(5-12(11)19)26(24-16(10)9-6-23-7-9)8-15(27)25-3-1-2-14(25)17(20,21)22/h4-5,9,14,23H,1-3,6-8H2/t14-/m0/s1. The van der Waals surface area contributed by atoms with Crippen molar-refractivity contribution in [1.82, 2.24) is 20.0 Å². The lowest BCUT2D eigenvalue weighted by atomic mass is 9.96. The number of alkyl halides is 3. The van der Waals surface area contributed by atoms with Crippen molar-refractivity contribution in [3.8, 4) is 0 Å². The molecule has 2 fully saturated rings. The number of benzene rings is 1. The van der Waals surface area contributed by atoms with E-state index in [9.17, 15) is 26.7 Å². The normalized spacial score (nSPS) is 21.1. The number of likely N-dealkylation sites (tertiary alicyclic amines) is 1. The van der Waals surface area contributed by atoms with Gasteiger partial charge in [-0.1, -0.05) is 0 Å². The second kappa shape index (κ2) is 6.43. The lowest BCUT2D eigenvalue weighted by Gasteiger charge is -2.26. The fourth-order valence-corrected chi connectivity index (χ4v) is 3.72. The van der Waals surface area contributed by atoms with Gasteiger partial charge in [-0.2, -0.15) is 18.3 Å². The van der Waals surface area contributed by atoms with Gasteiger partial charge in [0.15, 0.2) is 11.6 Å². The fraction of sp³-hybridized carbons (Fsp3) is 0.529. The molecule has 2 aromatic rings. The molecule has 1 N–H and O–H groups in total. The van der Waals surface area contributed by atoms with Gasteiger partial charge < -0.3 is 10.2 Å². The van der Waals surface area contributed by atoms with Gasteiger partial charge in [0.05, 0.1) is 11.2 Å². The van der Waals surface area contributed by atoms with Gasteiger partial charge in [-0.3, -0.25) is 9.48 Å². The average Bonchev–Trinajstić information content (AvgIpc) is 3.13. The second-order valence-electron chi connectivity index (χ2n) is 6.97. The minimum absolute atomic E-state index is 0.0107. The van der Waals surface area contributed by atoms with Crippen LogP contribution in [0.2, 0.25) is 0 Å². The zero-order chi connectivity index (χ0) is 19.3. The highest BCUT2D eigenvalue weighted by Crippen LogP contribution is 2.33. The van der Waals surface area contributed by atoms with Crippen LogP contribution in [0.1, 0.15) is 24.5 Å². The molecule has 0 saturated carbocycles. The van der Waals surface area contributed by atoms with Crippen LogP contribution in [0.25, 0.3) is 10.9 Å². The molecule has 2 aliphatic heterocycles. The van der Waals surface area contributed by atoms with Gasteiger partial charge in [-0.15, -0.1) is 0 Å². The van der Waals surface area contributed by atoms with Crippen molar-refractivity contribution in [2.75, 3.05) is 19.6 Å². The second-order valence-corrected chi connectivity index (χ2v) is 6.97. The van der Waals surface area contributed by atoms with Crippen LogP contribution in [0.15, 0.2) is 12.1 Å². The van der Waals surface area contributed by atoms with Gasteiger partial charge in [0.2, 0.25) is 5.91 Å². The molecule has 10 heteroatoms. The van der Waals surface area contributed by atoms with E-state index in [2.05, 4.69) is 10.4 Å². The smallest absolute Gasteiger partial charge is 0.329 e. The molecule has 0 unspecified atom stereocenters. The molecule has 1 atom stereocenters. The number of nitrogens with one attached hydrogen (secondary N) is 1. The summed E-state index contributed by atoms with van der Waals surface area (Å²) in [6.45, 7) is 0.793. The Morgan fingerprint density at radius 2 is 1.93 bits per heavy atom. The lowest BCUT2D eigenvalue weighted by molar-refractivity contribution is -0.183. The molecular formula is C17H17F5N4O. The van der Waals surface area contributed by atoms with Gasteiger partial charge in [0.1, 0.15) is 12.6 Å². The summed E-state index contributed by atoms with van der Waals surface area (Å²) in [5, 5.41) is 7.73. The van der Waals surface area contributed by atoms with Crippen molar-refractivity contribution < 1.29 is 26.7 Å². The Kier molecular flexibility index (Phi) is 4.32. The monoisotopic (exact) mass is 388 g/mol. The first-order chi connectivity index (χ1) is 12.8. The van der Waals surface area contributed by atoms with Crippen LogP contribution >= 0.6 is 0 Å². The van der Waals surface area contributed by atoms with Crippen LogP contribution in [0, 0.1) is 11.6 Å². The highest BCUT2D eigenvalue weighted by molar-refractivity contribution is 5.85. The summed E-state index contributed by atoms with van der Waals surface area (Å²) in [5.74, 6) is -2.87. The Morgan fingerprint density at radius 1 is 1.22 bits per heavy atom. The zero-order valence-corrected chi connectivity index (χ0v) is 14.2. The number of hydrogen-bond acceptors (Lipinski definition) is 3. The largest absolute Gasteiger partial charge is 0.408 e. The van der Waals surface area contributed by atoms with Gasteiger partial charge >= 0.3 is 6.18 Å². The summed E-state index contributed by atoms with van der Waals surface area (Å²) >= 11 is 0. The van der Waals surface area contributed by atoms with E-state index in [1.807, 2.05) is 0 Å². The number of carbonyl (C=O) groups excluding carboxylic acids is 1. The number of halogens is 5. The Labute approximate surface area is 151 Å². The summed E-state index contributed by atoms with van der Waals surface area (Å²) in [4.78, 5) is 13.3. The molecule has 146 valence electrons. The van der Waals surface area contributed by atoms with Crippen molar-refractivity contribution >= 4 is 16.8 Å². The molecule has 4 rings (SSSR count). The maximum absolute atomic E-state index is 13.7. The van der Waals surface area contributed by atoms with Gasteiger partial charge in [0.25, 0.3) is 0 Å². The van der Waals surface area contributed by atoms with E-state index in [1.165, 1.54) is 4.68 Å². The van der Waals surface area contributed by atoms with Crippen LogP contribution in [-0.4, -0.2) is 52.4 Å². The highest BCUT2D eigenvalue weighted by atomic mass is 19.4. The van der Waals surface area contributed by atoms with E-state index in [-0.39, 0.29) is 30.8 Å². The fourth-order valence-electron chi connectivity index (χ4n) is 3.72. The molecule has 27 heavy (non-hydrogen) atoms. The minimum Gasteiger partial charge on any atom is -0.329 e. The Balaban J connectivity index is 1.67. The summed E-state index contributed by atoms with van der Waals surface area (Å²) in [6, 6.07) is 0.156. The molecule has 1 aromatic heterocycles. The van der Waals surface area contributed by atoms with E-state index in [0.29, 0.717) is 24.2 Å². The third kappa shape index (κ3) is 3.15. The van der Waals surface area contributed by atoms with Crippen LogP contribution in [0.4, 0.5) is 22.0 Å². The SMILES string of the molecule is O=C(Cn1nc(C2CNC2)c2cc(F)c(F)cc21)N1CCC[C@H]1C(F)(F)F. The molecule has 0 spiro atoms. The third-order valence-electron chi connectivity index (χ3n) is 5.23. The summed E-state index contributed by atoms with van der Waals surface area (Å²) in [5.41, 5.74) is 0.719. The molecule has 5 nitrogen and oxygen atoms in total. The van der Waals surface area contributed by atoms with Gasteiger partial charge in [-0.25, -0.2) is 8.78 Å². The van der Waals surface area contributed by atoms with E-state index >= 15 is 0 Å². The highest BCUT2D eigenvalue weighted by Gasteiger charge is 2.47.